The van der Waals surface area contributed by atoms with Crippen LogP contribution in [0.15, 0.2) is 42.5 Å². The summed E-state index contributed by atoms with van der Waals surface area (Å²) < 4.78 is 0. The number of anilines is 2. The lowest BCUT2D eigenvalue weighted by molar-refractivity contribution is -0.114. The molecule has 2 aromatic rings. The first-order chi connectivity index (χ1) is 9.52. The van der Waals surface area contributed by atoms with Gasteiger partial charge in [0, 0.05) is 11.4 Å². The number of carbonyl (C=O) groups excluding carboxylic acids is 1. The lowest BCUT2D eigenvalue weighted by atomic mass is 10.1. The molecule has 0 unspecified atom stereocenters. The van der Waals surface area contributed by atoms with E-state index < -0.39 is 0 Å². The van der Waals surface area contributed by atoms with E-state index >= 15 is 0 Å². The number of nitrogens with one attached hydrogen (secondary N) is 2. The Morgan fingerprint density at radius 3 is 2.05 bits per heavy atom. The molecule has 104 valence electrons. The summed E-state index contributed by atoms with van der Waals surface area (Å²) in [7, 11) is 0. The van der Waals surface area contributed by atoms with Crippen molar-refractivity contribution in [3.8, 4) is 0 Å². The first-order valence-electron chi connectivity index (χ1n) is 6.71. The molecule has 2 rings (SSSR count). The van der Waals surface area contributed by atoms with Crippen LogP contribution in [-0.2, 0) is 4.79 Å². The fourth-order valence-corrected chi connectivity index (χ4v) is 2.10. The number of rotatable bonds is 4. The predicted molar refractivity (Wildman–Crippen MR) is 84.2 cm³/mol. The van der Waals surface area contributed by atoms with Crippen LogP contribution < -0.4 is 10.6 Å². The van der Waals surface area contributed by atoms with Crippen LogP contribution in [0, 0.1) is 20.8 Å². The number of benzene rings is 2. The van der Waals surface area contributed by atoms with Gasteiger partial charge in [0.25, 0.3) is 0 Å². The number of hydrogen-bond acceptors (Lipinski definition) is 2. The Labute approximate surface area is 120 Å². The molecule has 0 spiro atoms. The van der Waals surface area contributed by atoms with E-state index in [0.29, 0.717) is 0 Å². The largest absolute Gasteiger partial charge is 0.376 e. The average molecular weight is 268 g/mol. The molecule has 2 N–H and O–H groups in total. The minimum absolute atomic E-state index is 0.0481. The van der Waals surface area contributed by atoms with Gasteiger partial charge in [-0.05, 0) is 56.2 Å². The van der Waals surface area contributed by atoms with Crippen LogP contribution in [0.1, 0.15) is 16.7 Å². The SMILES string of the molecule is Cc1ccc(NC(=O)CNc2cc(C)cc(C)c2)cc1. The molecular formula is C17H20N2O. The van der Waals surface area contributed by atoms with E-state index in [9.17, 15) is 4.79 Å². The molecule has 0 fully saturated rings. The van der Waals surface area contributed by atoms with Gasteiger partial charge in [0.1, 0.15) is 0 Å². The van der Waals surface area contributed by atoms with Gasteiger partial charge < -0.3 is 10.6 Å². The first kappa shape index (κ1) is 14.1. The van der Waals surface area contributed by atoms with Crippen molar-refractivity contribution in [2.24, 2.45) is 0 Å². The molecule has 20 heavy (non-hydrogen) atoms. The minimum atomic E-state index is -0.0481. The molecule has 0 saturated heterocycles. The molecule has 2 aromatic carbocycles. The van der Waals surface area contributed by atoms with Gasteiger partial charge in [-0.15, -0.1) is 0 Å². The van der Waals surface area contributed by atoms with Crippen LogP contribution in [0.2, 0.25) is 0 Å². The molecule has 0 aliphatic carbocycles. The molecule has 3 heteroatoms. The van der Waals surface area contributed by atoms with Crippen LogP contribution >= 0.6 is 0 Å². The minimum Gasteiger partial charge on any atom is -0.376 e. The highest BCUT2D eigenvalue weighted by molar-refractivity contribution is 5.93. The van der Waals surface area contributed by atoms with Crippen LogP contribution in [0.3, 0.4) is 0 Å². The van der Waals surface area contributed by atoms with Crippen molar-refractivity contribution in [3.05, 3.63) is 59.2 Å². The zero-order valence-electron chi connectivity index (χ0n) is 12.2. The van der Waals surface area contributed by atoms with Crippen molar-refractivity contribution in [2.45, 2.75) is 20.8 Å². The Morgan fingerprint density at radius 1 is 0.850 bits per heavy atom. The average Bonchev–Trinajstić information content (AvgIpc) is 2.38. The van der Waals surface area contributed by atoms with Crippen molar-refractivity contribution in [2.75, 3.05) is 17.2 Å². The molecule has 3 nitrogen and oxygen atoms in total. The normalized spacial score (nSPS) is 10.2. The van der Waals surface area contributed by atoms with Crippen LogP contribution in [0.4, 0.5) is 11.4 Å². The fraction of sp³-hybridized carbons (Fsp3) is 0.235. The van der Waals surface area contributed by atoms with E-state index in [4.69, 9.17) is 0 Å². The van der Waals surface area contributed by atoms with Crippen molar-refractivity contribution < 1.29 is 4.79 Å². The third-order valence-electron chi connectivity index (χ3n) is 3.01. The van der Waals surface area contributed by atoms with E-state index in [1.807, 2.05) is 57.2 Å². The Morgan fingerprint density at radius 2 is 1.45 bits per heavy atom. The van der Waals surface area contributed by atoms with Crippen LogP contribution in [0.25, 0.3) is 0 Å². The fourth-order valence-electron chi connectivity index (χ4n) is 2.10. The third kappa shape index (κ3) is 4.12. The van der Waals surface area contributed by atoms with Gasteiger partial charge in [0.15, 0.2) is 0 Å². The summed E-state index contributed by atoms with van der Waals surface area (Å²) in [4.78, 5) is 11.9. The first-order valence-corrected chi connectivity index (χ1v) is 6.71. The summed E-state index contributed by atoms with van der Waals surface area (Å²) in [5.74, 6) is -0.0481. The molecule has 0 radical (unpaired) electrons. The monoisotopic (exact) mass is 268 g/mol. The third-order valence-corrected chi connectivity index (χ3v) is 3.01. The van der Waals surface area contributed by atoms with Gasteiger partial charge in [-0.25, -0.2) is 0 Å². The number of aryl methyl sites for hydroxylation is 3. The highest BCUT2D eigenvalue weighted by Crippen LogP contribution is 2.13. The standard InChI is InChI=1S/C17H20N2O/c1-12-4-6-15(7-5-12)19-17(20)11-18-16-9-13(2)8-14(3)10-16/h4-10,18H,11H2,1-3H3,(H,19,20). The second-order valence-corrected chi connectivity index (χ2v) is 5.14. The maximum Gasteiger partial charge on any atom is 0.243 e. The lowest BCUT2D eigenvalue weighted by Crippen LogP contribution is -2.21. The lowest BCUT2D eigenvalue weighted by Gasteiger charge is -2.09. The quantitative estimate of drug-likeness (QED) is 0.888. The van der Waals surface area contributed by atoms with E-state index in [1.54, 1.807) is 0 Å². The molecule has 0 atom stereocenters. The van der Waals surface area contributed by atoms with Crippen molar-refractivity contribution in [1.29, 1.82) is 0 Å². The van der Waals surface area contributed by atoms with Crippen LogP contribution in [-0.4, -0.2) is 12.5 Å². The molecule has 1 amide bonds. The topological polar surface area (TPSA) is 41.1 Å². The summed E-state index contributed by atoms with van der Waals surface area (Å²) in [6.07, 6.45) is 0. The number of hydrogen-bond donors (Lipinski definition) is 2. The van der Waals surface area contributed by atoms with Gasteiger partial charge in [-0.1, -0.05) is 23.8 Å². The molecule has 0 saturated carbocycles. The molecule has 0 aliphatic rings. The Kier molecular flexibility index (Phi) is 4.41. The van der Waals surface area contributed by atoms with E-state index in [2.05, 4.69) is 16.7 Å². The molecular weight excluding hydrogens is 248 g/mol. The summed E-state index contributed by atoms with van der Waals surface area (Å²) in [5, 5.41) is 6.01. The molecule has 0 heterocycles. The summed E-state index contributed by atoms with van der Waals surface area (Å²) in [6, 6.07) is 13.9. The van der Waals surface area contributed by atoms with Crippen molar-refractivity contribution >= 4 is 17.3 Å². The zero-order chi connectivity index (χ0) is 14.5. The molecule has 0 aromatic heterocycles. The van der Waals surface area contributed by atoms with Gasteiger partial charge >= 0.3 is 0 Å². The Bertz CT molecular complexity index is 583. The number of carbonyl (C=O) groups is 1. The zero-order valence-corrected chi connectivity index (χ0v) is 12.2. The highest BCUT2D eigenvalue weighted by Gasteiger charge is 2.02. The maximum absolute atomic E-state index is 11.9. The van der Waals surface area contributed by atoms with E-state index in [1.165, 1.54) is 16.7 Å². The highest BCUT2D eigenvalue weighted by atomic mass is 16.1. The van der Waals surface area contributed by atoms with E-state index in [-0.39, 0.29) is 12.5 Å². The van der Waals surface area contributed by atoms with Gasteiger partial charge in [-0.2, -0.15) is 0 Å². The van der Waals surface area contributed by atoms with E-state index in [0.717, 1.165) is 11.4 Å². The Hall–Kier alpha value is -2.29. The smallest absolute Gasteiger partial charge is 0.243 e. The summed E-state index contributed by atoms with van der Waals surface area (Å²) in [6.45, 7) is 6.37. The van der Waals surface area contributed by atoms with Gasteiger partial charge in [0.2, 0.25) is 5.91 Å². The second kappa shape index (κ2) is 6.24. The maximum atomic E-state index is 11.9. The molecule has 0 bridgehead atoms. The Balaban J connectivity index is 1.90. The summed E-state index contributed by atoms with van der Waals surface area (Å²) >= 11 is 0. The van der Waals surface area contributed by atoms with Gasteiger partial charge in [0.05, 0.1) is 6.54 Å². The van der Waals surface area contributed by atoms with Crippen molar-refractivity contribution in [1.82, 2.24) is 0 Å². The predicted octanol–water partition coefficient (Wildman–Crippen LogP) is 3.66. The number of amides is 1. The second-order valence-electron chi connectivity index (χ2n) is 5.14. The van der Waals surface area contributed by atoms with Gasteiger partial charge in [-0.3, -0.25) is 4.79 Å². The van der Waals surface area contributed by atoms with Crippen molar-refractivity contribution in [3.63, 3.8) is 0 Å². The molecule has 0 aliphatic heterocycles. The van der Waals surface area contributed by atoms with Crippen LogP contribution in [0.5, 0.6) is 0 Å². The summed E-state index contributed by atoms with van der Waals surface area (Å²) in [5.41, 5.74) is 5.35.